The van der Waals surface area contributed by atoms with Crippen molar-refractivity contribution in [2.24, 2.45) is 0 Å². The molecule has 1 aromatic rings. The number of halogens is 1. The van der Waals surface area contributed by atoms with Gasteiger partial charge in [-0.2, -0.15) is 0 Å². The van der Waals surface area contributed by atoms with E-state index in [1.165, 1.54) is 0 Å². The first-order valence-corrected chi connectivity index (χ1v) is 5.52. The minimum absolute atomic E-state index is 0.102. The van der Waals surface area contributed by atoms with Gasteiger partial charge in [0, 0.05) is 30.2 Å². The second kappa shape index (κ2) is 4.35. The van der Waals surface area contributed by atoms with Gasteiger partial charge in [-0.1, -0.05) is 0 Å². The molecule has 0 radical (unpaired) electrons. The molecule has 0 unspecified atom stereocenters. The highest BCUT2D eigenvalue weighted by Gasteiger charge is 2.23. The van der Waals surface area contributed by atoms with E-state index in [9.17, 15) is 0 Å². The molecular weight excluding hydrogens is 210 g/mol. The molecule has 0 aromatic carbocycles. The summed E-state index contributed by atoms with van der Waals surface area (Å²) in [6, 6.07) is 1.97. The van der Waals surface area contributed by atoms with E-state index < -0.39 is 0 Å². The predicted molar refractivity (Wildman–Crippen MR) is 64.7 cm³/mol. The zero-order valence-electron chi connectivity index (χ0n) is 10.0. The third-order valence-corrected chi connectivity index (χ3v) is 3.19. The van der Waals surface area contributed by atoms with Crippen LogP contribution in [0.5, 0.6) is 0 Å². The van der Waals surface area contributed by atoms with Crippen LogP contribution in [0.3, 0.4) is 0 Å². The Balaban J connectivity index is 3.06. The molecule has 3 nitrogen and oxygen atoms in total. The second-order valence-electron chi connectivity index (χ2n) is 4.42. The summed E-state index contributed by atoms with van der Waals surface area (Å²) < 4.78 is 0. The number of hydrogen-bond donors (Lipinski definition) is 0. The Labute approximate surface area is 96.5 Å². The van der Waals surface area contributed by atoms with E-state index in [2.05, 4.69) is 28.7 Å². The number of nitrogens with zero attached hydrogens (tertiary/aromatic N) is 3. The highest BCUT2D eigenvalue weighted by molar-refractivity contribution is 6.18. The molecule has 0 aliphatic carbocycles. The van der Waals surface area contributed by atoms with Gasteiger partial charge < -0.3 is 4.90 Å². The van der Waals surface area contributed by atoms with E-state index in [1.807, 2.05) is 27.0 Å². The van der Waals surface area contributed by atoms with Crippen molar-refractivity contribution in [3.8, 4) is 0 Å². The van der Waals surface area contributed by atoms with Gasteiger partial charge in [0.25, 0.3) is 0 Å². The van der Waals surface area contributed by atoms with Gasteiger partial charge in [-0.15, -0.1) is 11.6 Å². The van der Waals surface area contributed by atoms with Crippen LogP contribution in [-0.4, -0.2) is 28.4 Å². The van der Waals surface area contributed by atoms with Crippen LogP contribution < -0.4 is 4.90 Å². The number of aromatic nitrogens is 2. The maximum Gasteiger partial charge on any atom is 0.132 e. The van der Waals surface area contributed by atoms with Crippen molar-refractivity contribution >= 4 is 17.4 Å². The van der Waals surface area contributed by atoms with Crippen LogP contribution in [0.1, 0.15) is 25.4 Å². The third kappa shape index (κ3) is 2.81. The highest BCUT2D eigenvalue weighted by Crippen LogP contribution is 2.21. The van der Waals surface area contributed by atoms with E-state index in [4.69, 9.17) is 11.6 Å². The molecule has 84 valence electrons. The van der Waals surface area contributed by atoms with Crippen molar-refractivity contribution in [3.63, 3.8) is 0 Å². The van der Waals surface area contributed by atoms with Crippen LogP contribution in [0.4, 0.5) is 5.82 Å². The molecule has 0 N–H and O–H groups in total. The average Bonchev–Trinajstić information content (AvgIpc) is 2.15. The normalized spacial score (nSPS) is 11.6. The Hall–Kier alpha value is -0.830. The summed E-state index contributed by atoms with van der Waals surface area (Å²) >= 11 is 5.93. The lowest BCUT2D eigenvalue weighted by atomic mass is 10.1. The molecule has 0 bridgehead atoms. The van der Waals surface area contributed by atoms with Crippen LogP contribution in [-0.2, 0) is 0 Å². The first kappa shape index (κ1) is 12.2. The van der Waals surface area contributed by atoms with Crippen LogP contribution in [0, 0.1) is 13.8 Å². The summed E-state index contributed by atoms with van der Waals surface area (Å²) in [6.07, 6.45) is 0. The Kier molecular flexibility index (Phi) is 3.55. The van der Waals surface area contributed by atoms with Gasteiger partial charge in [-0.3, -0.25) is 0 Å². The number of rotatable bonds is 3. The largest absolute Gasteiger partial charge is 0.353 e. The molecule has 0 aliphatic heterocycles. The number of anilines is 1. The summed E-state index contributed by atoms with van der Waals surface area (Å²) in [5, 5.41) is 0. The summed E-state index contributed by atoms with van der Waals surface area (Å²) in [4.78, 5) is 10.7. The van der Waals surface area contributed by atoms with Gasteiger partial charge in [-0.05, 0) is 27.7 Å². The molecule has 0 atom stereocenters. The van der Waals surface area contributed by atoms with Crippen molar-refractivity contribution in [1.29, 1.82) is 0 Å². The number of hydrogen-bond acceptors (Lipinski definition) is 3. The number of aryl methyl sites for hydroxylation is 2. The van der Waals surface area contributed by atoms with Crippen molar-refractivity contribution < 1.29 is 0 Å². The maximum atomic E-state index is 5.93. The zero-order valence-corrected chi connectivity index (χ0v) is 10.8. The molecule has 1 heterocycles. The van der Waals surface area contributed by atoms with E-state index in [1.54, 1.807) is 0 Å². The highest BCUT2D eigenvalue weighted by atomic mass is 35.5. The fraction of sp³-hybridized carbons (Fsp3) is 0.636. The van der Waals surface area contributed by atoms with Gasteiger partial charge in [0.05, 0.1) is 0 Å². The SMILES string of the molecule is Cc1cc(N(C)C(C)(C)CCl)nc(C)n1. The van der Waals surface area contributed by atoms with Crippen molar-refractivity contribution in [1.82, 2.24) is 9.97 Å². The lowest BCUT2D eigenvalue weighted by Gasteiger charge is -2.35. The van der Waals surface area contributed by atoms with Gasteiger partial charge in [0.2, 0.25) is 0 Å². The lowest BCUT2D eigenvalue weighted by Crippen LogP contribution is -2.43. The molecule has 1 aromatic heterocycles. The van der Waals surface area contributed by atoms with E-state index in [0.29, 0.717) is 5.88 Å². The molecule has 0 saturated heterocycles. The fourth-order valence-corrected chi connectivity index (χ4v) is 1.45. The Morgan fingerprint density at radius 2 is 1.93 bits per heavy atom. The molecule has 0 spiro atoms. The van der Waals surface area contributed by atoms with Crippen LogP contribution in [0.15, 0.2) is 6.07 Å². The molecule has 0 fully saturated rings. The lowest BCUT2D eigenvalue weighted by molar-refractivity contribution is 0.539. The Bertz CT molecular complexity index is 329. The predicted octanol–water partition coefficient (Wildman–Crippen LogP) is 2.55. The molecule has 15 heavy (non-hydrogen) atoms. The molecule has 0 saturated carbocycles. The number of alkyl halides is 1. The van der Waals surface area contributed by atoms with Crippen molar-refractivity contribution in [3.05, 3.63) is 17.6 Å². The minimum atomic E-state index is -0.102. The average molecular weight is 228 g/mol. The summed E-state index contributed by atoms with van der Waals surface area (Å²) in [6.45, 7) is 8.05. The summed E-state index contributed by atoms with van der Waals surface area (Å²) in [5.41, 5.74) is 0.879. The monoisotopic (exact) mass is 227 g/mol. The first-order valence-electron chi connectivity index (χ1n) is 4.99. The first-order chi connectivity index (χ1) is 6.86. The van der Waals surface area contributed by atoms with Crippen LogP contribution >= 0.6 is 11.6 Å². The second-order valence-corrected chi connectivity index (χ2v) is 4.69. The standard InChI is InChI=1S/C11H18ClN3/c1-8-6-10(14-9(2)13-8)15(5)11(3,4)7-12/h6H,7H2,1-5H3. The molecular formula is C11H18ClN3. The van der Waals surface area contributed by atoms with Crippen molar-refractivity contribution in [2.45, 2.75) is 33.2 Å². The Morgan fingerprint density at radius 3 is 2.40 bits per heavy atom. The van der Waals surface area contributed by atoms with Crippen LogP contribution in [0.2, 0.25) is 0 Å². The van der Waals surface area contributed by atoms with E-state index >= 15 is 0 Å². The van der Waals surface area contributed by atoms with Gasteiger partial charge >= 0.3 is 0 Å². The Morgan fingerprint density at radius 1 is 1.33 bits per heavy atom. The summed E-state index contributed by atoms with van der Waals surface area (Å²) in [5.74, 6) is 2.28. The maximum absolute atomic E-state index is 5.93. The third-order valence-electron chi connectivity index (χ3n) is 2.53. The molecule has 1 rings (SSSR count). The van der Waals surface area contributed by atoms with E-state index in [0.717, 1.165) is 17.3 Å². The quantitative estimate of drug-likeness (QED) is 0.744. The zero-order chi connectivity index (χ0) is 11.6. The fourth-order valence-electron chi connectivity index (χ4n) is 1.27. The van der Waals surface area contributed by atoms with Gasteiger partial charge in [0.15, 0.2) is 0 Å². The van der Waals surface area contributed by atoms with E-state index in [-0.39, 0.29) is 5.54 Å². The topological polar surface area (TPSA) is 29.0 Å². The molecule has 4 heteroatoms. The smallest absolute Gasteiger partial charge is 0.132 e. The molecule has 0 amide bonds. The minimum Gasteiger partial charge on any atom is -0.353 e. The van der Waals surface area contributed by atoms with Crippen LogP contribution in [0.25, 0.3) is 0 Å². The van der Waals surface area contributed by atoms with Gasteiger partial charge in [-0.25, -0.2) is 9.97 Å². The van der Waals surface area contributed by atoms with Gasteiger partial charge in [0.1, 0.15) is 11.6 Å². The summed E-state index contributed by atoms with van der Waals surface area (Å²) in [7, 11) is 2.00. The molecule has 0 aliphatic rings. The van der Waals surface area contributed by atoms with Crippen molar-refractivity contribution in [2.75, 3.05) is 17.8 Å².